The van der Waals surface area contributed by atoms with Crippen LogP contribution in [0, 0.1) is 0 Å². The minimum Gasteiger partial charge on any atom is -0.480 e. The van der Waals surface area contributed by atoms with Crippen LogP contribution in [0.5, 0.6) is 0 Å². The van der Waals surface area contributed by atoms with E-state index in [0.29, 0.717) is 6.42 Å². The molecule has 5 nitrogen and oxygen atoms in total. The molecule has 2 N–H and O–H groups in total. The van der Waals surface area contributed by atoms with Crippen LogP contribution in [0.2, 0.25) is 0 Å². The first-order chi connectivity index (χ1) is 7.43. The fourth-order valence-corrected chi connectivity index (χ4v) is 1.40. The van der Waals surface area contributed by atoms with Crippen molar-refractivity contribution in [3.8, 4) is 0 Å². The van der Waals surface area contributed by atoms with Gasteiger partial charge in [0.1, 0.15) is 6.04 Å². The van der Waals surface area contributed by atoms with Crippen LogP contribution in [0.25, 0.3) is 0 Å². The number of carboxylic acid groups (broad SMARTS) is 1. The van der Waals surface area contributed by atoms with Gasteiger partial charge in [-0.3, -0.25) is 0 Å². The molecular weight excluding hydrogens is 208 g/mol. The molecule has 0 aromatic rings. The summed E-state index contributed by atoms with van der Waals surface area (Å²) in [6.45, 7) is 5.73. The van der Waals surface area contributed by atoms with E-state index >= 15 is 0 Å². The molecule has 0 spiro atoms. The lowest BCUT2D eigenvalue weighted by molar-refractivity contribution is -0.139. The quantitative estimate of drug-likeness (QED) is 0.729. The van der Waals surface area contributed by atoms with E-state index in [1.807, 2.05) is 13.8 Å². The number of carboxylic acids is 1. The third-order valence-electron chi connectivity index (χ3n) is 2.69. The third kappa shape index (κ3) is 4.51. The number of urea groups is 1. The lowest BCUT2D eigenvalue weighted by Gasteiger charge is -2.26. The molecule has 0 fully saturated rings. The maximum Gasteiger partial charge on any atom is 0.326 e. The highest BCUT2D eigenvalue weighted by atomic mass is 16.4. The molecule has 1 unspecified atom stereocenters. The third-order valence-corrected chi connectivity index (χ3v) is 2.69. The van der Waals surface area contributed by atoms with E-state index in [4.69, 9.17) is 5.11 Å². The lowest BCUT2D eigenvalue weighted by Crippen LogP contribution is -2.48. The number of rotatable bonds is 6. The highest BCUT2D eigenvalue weighted by Gasteiger charge is 2.21. The number of nitrogens with zero attached hydrogens (tertiary/aromatic N) is 1. The van der Waals surface area contributed by atoms with E-state index in [1.165, 1.54) is 0 Å². The van der Waals surface area contributed by atoms with Crippen LogP contribution in [0.1, 0.15) is 40.0 Å². The molecule has 0 aromatic heterocycles. The Morgan fingerprint density at radius 3 is 2.31 bits per heavy atom. The fourth-order valence-electron chi connectivity index (χ4n) is 1.40. The van der Waals surface area contributed by atoms with Crippen LogP contribution in [-0.4, -0.2) is 41.1 Å². The van der Waals surface area contributed by atoms with Gasteiger partial charge < -0.3 is 15.3 Å². The SMILES string of the molecule is CCCC(C)N(C)C(=O)N[C@H](CC)C(=O)O. The predicted molar refractivity (Wildman–Crippen MR) is 62.4 cm³/mol. The summed E-state index contributed by atoms with van der Waals surface area (Å²) >= 11 is 0. The van der Waals surface area contributed by atoms with Crippen LogP contribution in [0.3, 0.4) is 0 Å². The van der Waals surface area contributed by atoms with E-state index in [9.17, 15) is 9.59 Å². The lowest BCUT2D eigenvalue weighted by atomic mass is 10.2. The van der Waals surface area contributed by atoms with Crippen LogP contribution >= 0.6 is 0 Å². The van der Waals surface area contributed by atoms with Gasteiger partial charge in [0.05, 0.1) is 0 Å². The summed E-state index contributed by atoms with van der Waals surface area (Å²) in [7, 11) is 1.68. The molecule has 0 saturated heterocycles. The zero-order chi connectivity index (χ0) is 12.7. The first kappa shape index (κ1) is 14.7. The second-order valence-electron chi connectivity index (χ2n) is 4.00. The van der Waals surface area contributed by atoms with E-state index in [-0.39, 0.29) is 12.1 Å². The molecule has 2 atom stereocenters. The van der Waals surface area contributed by atoms with Crippen molar-refractivity contribution < 1.29 is 14.7 Å². The zero-order valence-corrected chi connectivity index (χ0v) is 10.5. The van der Waals surface area contributed by atoms with Crippen LogP contribution in [0.4, 0.5) is 4.79 Å². The van der Waals surface area contributed by atoms with Gasteiger partial charge in [0, 0.05) is 13.1 Å². The van der Waals surface area contributed by atoms with Crippen LogP contribution in [-0.2, 0) is 4.79 Å². The second-order valence-corrected chi connectivity index (χ2v) is 4.00. The van der Waals surface area contributed by atoms with Crippen molar-refractivity contribution in [2.75, 3.05) is 7.05 Å². The Bertz CT molecular complexity index is 243. The summed E-state index contributed by atoms with van der Waals surface area (Å²) in [6.07, 6.45) is 2.29. The van der Waals surface area contributed by atoms with Gasteiger partial charge in [-0.05, 0) is 19.8 Å². The summed E-state index contributed by atoms with van der Waals surface area (Å²) in [5.41, 5.74) is 0. The number of carbonyl (C=O) groups excluding carboxylic acids is 1. The Balaban J connectivity index is 4.28. The van der Waals surface area contributed by atoms with Gasteiger partial charge in [0.15, 0.2) is 0 Å². The number of hydrogen-bond acceptors (Lipinski definition) is 2. The van der Waals surface area contributed by atoms with Gasteiger partial charge >= 0.3 is 12.0 Å². The number of nitrogens with one attached hydrogen (secondary N) is 1. The van der Waals surface area contributed by atoms with Gasteiger partial charge in [-0.25, -0.2) is 9.59 Å². The van der Waals surface area contributed by atoms with Crippen LogP contribution < -0.4 is 5.32 Å². The standard InChI is InChI=1S/C11H22N2O3/c1-5-7-8(3)13(4)11(16)12-9(6-2)10(14)15/h8-9H,5-7H2,1-4H3,(H,12,16)(H,14,15)/t8?,9-/m1/s1. The second kappa shape index (κ2) is 7.09. The summed E-state index contributed by atoms with van der Waals surface area (Å²) < 4.78 is 0. The monoisotopic (exact) mass is 230 g/mol. The minimum absolute atomic E-state index is 0.122. The Labute approximate surface area is 96.8 Å². The van der Waals surface area contributed by atoms with Gasteiger partial charge in [-0.2, -0.15) is 0 Å². The number of carbonyl (C=O) groups is 2. The van der Waals surface area contributed by atoms with Crippen molar-refractivity contribution in [2.45, 2.75) is 52.1 Å². The first-order valence-corrected chi connectivity index (χ1v) is 5.70. The van der Waals surface area contributed by atoms with Crippen molar-refractivity contribution in [3.63, 3.8) is 0 Å². The molecule has 0 aromatic carbocycles. The average Bonchev–Trinajstić information content (AvgIpc) is 2.24. The highest BCUT2D eigenvalue weighted by Crippen LogP contribution is 2.04. The summed E-state index contributed by atoms with van der Waals surface area (Å²) in [6, 6.07) is -1.00. The largest absolute Gasteiger partial charge is 0.480 e. The van der Waals surface area contributed by atoms with Crippen molar-refractivity contribution in [2.24, 2.45) is 0 Å². The Morgan fingerprint density at radius 1 is 1.38 bits per heavy atom. The molecular formula is C11H22N2O3. The summed E-state index contributed by atoms with van der Waals surface area (Å²) in [5, 5.41) is 11.3. The highest BCUT2D eigenvalue weighted by molar-refractivity contribution is 5.82. The number of hydrogen-bond donors (Lipinski definition) is 2. The summed E-state index contributed by atoms with van der Waals surface area (Å²) in [4.78, 5) is 24.0. The Morgan fingerprint density at radius 2 is 1.94 bits per heavy atom. The number of amides is 2. The van der Waals surface area contributed by atoms with Crippen molar-refractivity contribution in [1.82, 2.24) is 10.2 Å². The molecule has 0 heterocycles. The summed E-state index contributed by atoms with van der Waals surface area (Å²) in [5.74, 6) is -0.993. The van der Waals surface area contributed by atoms with Crippen molar-refractivity contribution >= 4 is 12.0 Å². The number of aliphatic carboxylic acids is 1. The molecule has 0 rings (SSSR count). The van der Waals surface area contributed by atoms with Gasteiger partial charge in [0.25, 0.3) is 0 Å². The molecule has 0 aliphatic heterocycles. The maximum atomic E-state index is 11.7. The zero-order valence-electron chi connectivity index (χ0n) is 10.5. The molecule has 2 amide bonds. The molecule has 16 heavy (non-hydrogen) atoms. The molecule has 0 aliphatic carbocycles. The average molecular weight is 230 g/mol. The molecule has 94 valence electrons. The van der Waals surface area contributed by atoms with E-state index in [0.717, 1.165) is 12.8 Å². The van der Waals surface area contributed by atoms with Crippen molar-refractivity contribution in [3.05, 3.63) is 0 Å². The molecule has 0 saturated carbocycles. The molecule has 0 radical (unpaired) electrons. The molecule has 5 heteroatoms. The first-order valence-electron chi connectivity index (χ1n) is 5.70. The maximum absolute atomic E-state index is 11.7. The Hall–Kier alpha value is -1.26. The van der Waals surface area contributed by atoms with Gasteiger partial charge in [-0.1, -0.05) is 20.3 Å². The van der Waals surface area contributed by atoms with E-state index in [2.05, 4.69) is 5.32 Å². The van der Waals surface area contributed by atoms with Crippen molar-refractivity contribution in [1.29, 1.82) is 0 Å². The predicted octanol–water partition coefficient (Wildman–Crippen LogP) is 1.68. The van der Waals surface area contributed by atoms with Crippen LogP contribution in [0.15, 0.2) is 0 Å². The fraction of sp³-hybridized carbons (Fsp3) is 0.818. The molecule has 0 aliphatic rings. The van der Waals surface area contributed by atoms with Gasteiger partial charge in [-0.15, -0.1) is 0 Å². The van der Waals surface area contributed by atoms with E-state index < -0.39 is 12.0 Å². The molecule has 0 bridgehead atoms. The van der Waals surface area contributed by atoms with E-state index in [1.54, 1.807) is 18.9 Å². The normalized spacial score (nSPS) is 14.0. The smallest absolute Gasteiger partial charge is 0.326 e. The topological polar surface area (TPSA) is 69.6 Å². The Kier molecular flexibility index (Phi) is 6.53. The minimum atomic E-state index is -0.993. The van der Waals surface area contributed by atoms with Gasteiger partial charge in [0.2, 0.25) is 0 Å².